The summed E-state index contributed by atoms with van der Waals surface area (Å²) >= 11 is 0. The maximum atomic E-state index is 9.89. The summed E-state index contributed by atoms with van der Waals surface area (Å²) in [6, 6.07) is 7.62. The number of aliphatic hydroxyl groups is 2. The minimum Gasteiger partial charge on any atom is -0.493 e. The lowest BCUT2D eigenvalue weighted by Gasteiger charge is -2.35. The van der Waals surface area contributed by atoms with Crippen molar-refractivity contribution in [3.8, 4) is 11.5 Å². The van der Waals surface area contributed by atoms with Crippen LogP contribution >= 0.6 is 0 Å². The number of likely N-dealkylation sites (tertiary alicyclic amines) is 1. The van der Waals surface area contributed by atoms with E-state index in [-0.39, 0.29) is 12.5 Å². The molecule has 21 heavy (non-hydrogen) atoms. The lowest BCUT2D eigenvalue weighted by molar-refractivity contribution is -0.00294. The Morgan fingerprint density at radius 3 is 2.71 bits per heavy atom. The Bertz CT molecular complexity index is 426. The van der Waals surface area contributed by atoms with Gasteiger partial charge < -0.3 is 24.6 Å². The molecule has 5 nitrogen and oxygen atoms in total. The van der Waals surface area contributed by atoms with E-state index in [1.165, 1.54) is 0 Å². The number of hydrogen-bond donors (Lipinski definition) is 2. The fraction of sp³-hybridized carbons (Fsp3) is 0.625. The summed E-state index contributed by atoms with van der Waals surface area (Å²) in [5.41, 5.74) is 0. The Hall–Kier alpha value is -1.30. The summed E-state index contributed by atoms with van der Waals surface area (Å²) < 4.78 is 11.0. The number of ether oxygens (including phenoxy) is 2. The van der Waals surface area contributed by atoms with Gasteiger partial charge in [-0.25, -0.2) is 0 Å². The number of rotatable bonds is 7. The number of benzene rings is 1. The molecule has 1 aromatic rings. The van der Waals surface area contributed by atoms with Crippen LogP contribution in [0, 0.1) is 5.92 Å². The highest BCUT2D eigenvalue weighted by Gasteiger charge is 2.26. The highest BCUT2D eigenvalue weighted by atomic mass is 16.5. The van der Waals surface area contributed by atoms with Crippen molar-refractivity contribution in [2.24, 2.45) is 5.92 Å². The van der Waals surface area contributed by atoms with Gasteiger partial charge in [-0.15, -0.1) is 0 Å². The predicted molar refractivity (Wildman–Crippen MR) is 80.7 cm³/mol. The summed E-state index contributed by atoms with van der Waals surface area (Å²) in [7, 11) is 1.63. The Balaban J connectivity index is 1.68. The van der Waals surface area contributed by atoms with Gasteiger partial charge in [-0.3, -0.25) is 0 Å². The quantitative estimate of drug-likeness (QED) is 0.739. The lowest BCUT2D eigenvalue weighted by atomic mass is 9.95. The van der Waals surface area contributed by atoms with Crippen molar-refractivity contribution < 1.29 is 19.7 Å². The summed E-state index contributed by atoms with van der Waals surface area (Å²) in [5.74, 6) is 1.54. The number of nitrogens with zero attached hydrogens (tertiary/aromatic N) is 1. The number of aliphatic hydroxyl groups excluding tert-OH is 2. The van der Waals surface area contributed by atoms with E-state index in [4.69, 9.17) is 14.6 Å². The van der Waals surface area contributed by atoms with Crippen molar-refractivity contribution in [1.82, 2.24) is 4.90 Å². The Morgan fingerprint density at radius 2 is 2.05 bits per heavy atom. The molecule has 2 atom stereocenters. The molecule has 5 heteroatoms. The lowest BCUT2D eigenvalue weighted by Crippen LogP contribution is -2.45. The van der Waals surface area contributed by atoms with Crippen molar-refractivity contribution in [2.45, 2.75) is 18.9 Å². The van der Waals surface area contributed by atoms with Crippen molar-refractivity contribution >= 4 is 0 Å². The zero-order valence-electron chi connectivity index (χ0n) is 12.6. The van der Waals surface area contributed by atoms with E-state index in [2.05, 4.69) is 4.90 Å². The van der Waals surface area contributed by atoms with Crippen molar-refractivity contribution in [2.75, 3.05) is 40.0 Å². The third-order valence-electron chi connectivity index (χ3n) is 3.99. The molecule has 1 aliphatic heterocycles. The normalized spacial score (nSPS) is 23.0. The number of piperidine rings is 1. The van der Waals surface area contributed by atoms with Crippen LogP contribution in [0.1, 0.15) is 12.8 Å². The van der Waals surface area contributed by atoms with Crippen LogP contribution < -0.4 is 9.47 Å². The SMILES string of the molecule is COc1ccccc1OCCCN1CC[C@H](CO)[C@@H](O)C1. The van der Waals surface area contributed by atoms with Gasteiger partial charge in [-0.05, 0) is 31.5 Å². The van der Waals surface area contributed by atoms with Gasteiger partial charge in [0.2, 0.25) is 0 Å². The highest BCUT2D eigenvalue weighted by molar-refractivity contribution is 5.39. The summed E-state index contributed by atoms with van der Waals surface area (Å²) in [6.07, 6.45) is 1.33. The molecule has 0 bridgehead atoms. The van der Waals surface area contributed by atoms with Crippen molar-refractivity contribution in [3.05, 3.63) is 24.3 Å². The maximum Gasteiger partial charge on any atom is 0.161 e. The van der Waals surface area contributed by atoms with E-state index >= 15 is 0 Å². The number of hydrogen-bond acceptors (Lipinski definition) is 5. The first-order valence-electron chi connectivity index (χ1n) is 7.51. The minimum atomic E-state index is -0.418. The van der Waals surface area contributed by atoms with E-state index in [1.807, 2.05) is 24.3 Å². The van der Waals surface area contributed by atoms with Gasteiger partial charge in [0.1, 0.15) is 0 Å². The molecular formula is C16H25NO4. The molecule has 0 unspecified atom stereocenters. The van der Waals surface area contributed by atoms with Crippen LogP contribution in [0.2, 0.25) is 0 Å². The van der Waals surface area contributed by atoms with E-state index in [9.17, 15) is 5.11 Å². The van der Waals surface area contributed by atoms with E-state index < -0.39 is 6.10 Å². The Kier molecular flexibility index (Phi) is 6.29. The maximum absolute atomic E-state index is 9.89. The smallest absolute Gasteiger partial charge is 0.161 e. The van der Waals surface area contributed by atoms with Crippen LogP contribution in [0.25, 0.3) is 0 Å². The molecular weight excluding hydrogens is 270 g/mol. The molecule has 1 heterocycles. The number of para-hydroxylation sites is 2. The van der Waals surface area contributed by atoms with Crippen LogP contribution in [0.5, 0.6) is 11.5 Å². The topological polar surface area (TPSA) is 62.2 Å². The summed E-state index contributed by atoms with van der Waals surface area (Å²) in [4.78, 5) is 2.22. The number of β-amino-alcohol motifs (C(OH)–C–C–N with tert-alkyl or cyclic N) is 1. The van der Waals surface area contributed by atoms with Gasteiger partial charge in [0, 0.05) is 25.6 Å². The first-order valence-corrected chi connectivity index (χ1v) is 7.51. The Morgan fingerprint density at radius 1 is 1.29 bits per heavy atom. The number of methoxy groups -OCH3 is 1. The third kappa shape index (κ3) is 4.59. The van der Waals surface area contributed by atoms with Gasteiger partial charge >= 0.3 is 0 Å². The van der Waals surface area contributed by atoms with Gasteiger partial charge in [0.15, 0.2) is 11.5 Å². The summed E-state index contributed by atoms with van der Waals surface area (Å²) in [5, 5.41) is 19.0. The van der Waals surface area contributed by atoms with Crippen LogP contribution in [0.3, 0.4) is 0 Å². The second kappa shape index (κ2) is 8.22. The predicted octanol–water partition coefficient (Wildman–Crippen LogP) is 1.14. The first-order chi connectivity index (χ1) is 10.2. The molecule has 0 aliphatic carbocycles. The molecule has 0 aromatic heterocycles. The average Bonchev–Trinajstić information content (AvgIpc) is 2.52. The van der Waals surface area contributed by atoms with Crippen molar-refractivity contribution in [3.63, 3.8) is 0 Å². The van der Waals surface area contributed by atoms with E-state index in [1.54, 1.807) is 7.11 Å². The average molecular weight is 295 g/mol. The molecule has 1 aliphatic rings. The summed E-state index contributed by atoms with van der Waals surface area (Å²) in [6.45, 7) is 3.16. The molecule has 2 N–H and O–H groups in total. The molecule has 0 radical (unpaired) electrons. The zero-order valence-corrected chi connectivity index (χ0v) is 12.6. The molecule has 118 valence electrons. The van der Waals surface area contributed by atoms with Crippen molar-refractivity contribution in [1.29, 1.82) is 0 Å². The Labute approximate surface area is 126 Å². The zero-order chi connectivity index (χ0) is 15.1. The van der Waals surface area contributed by atoms with Crippen LogP contribution in [-0.4, -0.2) is 61.2 Å². The molecule has 0 amide bonds. The first kappa shape index (κ1) is 16.1. The van der Waals surface area contributed by atoms with Gasteiger partial charge in [0.25, 0.3) is 0 Å². The fourth-order valence-corrected chi connectivity index (χ4v) is 2.67. The molecule has 0 saturated carbocycles. The van der Waals surface area contributed by atoms with Gasteiger partial charge in [-0.2, -0.15) is 0 Å². The minimum absolute atomic E-state index is 0.0334. The van der Waals surface area contributed by atoms with Gasteiger partial charge in [-0.1, -0.05) is 12.1 Å². The van der Waals surface area contributed by atoms with Crippen LogP contribution in [0.4, 0.5) is 0 Å². The molecule has 1 aromatic carbocycles. The molecule has 1 fully saturated rings. The van der Waals surface area contributed by atoms with E-state index in [0.29, 0.717) is 13.2 Å². The van der Waals surface area contributed by atoms with Gasteiger partial charge in [0.05, 0.1) is 19.8 Å². The van der Waals surface area contributed by atoms with Crippen LogP contribution in [0.15, 0.2) is 24.3 Å². The second-order valence-electron chi connectivity index (χ2n) is 5.45. The molecule has 0 spiro atoms. The fourth-order valence-electron chi connectivity index (χ4n) is 2.67. The molecule has 1 saturated heterocycles. The third-order valence-corrected chi connectivity index (χ3v) is 3.99. The standard InChI is InChI=1S/C16H25NO4/c1-20-15-5-2-3-6-16(15)21-10-4-8-17-9-7-13(12-18)14(19)11-17/h2-3,5-6,13-14,18-19H,4,7-12H2,1H3/t13-,14+/m1/s1. The molecule has 2 rings (SSSR count). The monoisotopic (exact) mass is 295 g/mol. The highest BCUT2D eigenvalue weighted by Crippen LogP contribution is 2.25. The van der Waals surface area contributed by atoms with Crippen LogP contribution in [-0.2, 0) is 0 Å². The second-order valence-corrected chi connectivity index (χ2v) is 5.45. The van der Waals surface area contributed by atoms with E-state index in [0.717, 1.165) is 37.4 Å². The largest absolute Gasteiger partial charge is 0.493 e.